The number of nitriles is 1. The molecule has 0 aliphatic heterocycles. The normalized spacial score (nSPS) is 9.67. The fourth-order valence-electron chi connectivity index (χ4n) is 1.17. The van der Waals surface area contributed by atoms with Gasteiger partial charge in [-0.3, -0.25) is 0 Å². The lowest BCUT2D eigenvalue weighted by Crippen LogP contribution is -2.02. The zero-order chi connectivity index (χ0) is 11.1. The zero-order valence-corrected chi connectivity index (χ0v) is 10.2. The molecule has 0 aliphatic carbocycles. The van der Waals surface area contributed by atoms with Gasteiger partial charge in [0.15, 0.2) is 0 Å². The average molecular weight is 241 g/mol. The molecule has 0 atom stereocenters. The number of rotatable bonds is 5. The number of halogens is 1. The second-order valence-electron chi connectivity index (χ2n) is 3.08. The molecule has 0 heterocycles. The molecule has 0 fully saturated rings. The molecular formula is C11H13ClN2S. The summed E-state index contributed by atoms with van der Waals surface area (Å²) < 4.78 is 0. The first-order valence-corrected chi connectivity index (χ1v) is 6.47. The predicted octanol–water partition coefficient (Wildman–Crippen LogP) is 3.38. The van der Waals surface area contributed by atoms with E-state index in [1.807, 2.05) is 17.8 Å². The molecule has 0 saturated heterocycles. The Bertz CT molecular complexity index is 360. The smallest absolute Gasteiger partial charge is 0.101 e. The molecule has 1 aromatic rings. The van der Waals surface area contributed by atoms with Crippen LogP contribution in [0, 0.1) is 11.3 Å². The van der Waals surface area contributed by atoms with Crippen molar-refractivity contribution in [2.45, 2.75) is 6.42 Å². The van der Waals surface area contributed by atoms with Crippen molar-refractivity contribution in [2.24, 2.45) is 0 Å². The zero-order valence-electron chi connectivity index (χ0n) is 8.59. The molecule has 0 amide bonds. The second kappa shape index (κ2) is 6.60. The van der Waals surface area contributed by atoms with Crippen LogP contribution in [-0.2, 0) is 0 Å². The van der Waals surface area contributed by atoms with Crippen molar-refractivity contribution in [1.29, 1.82) is 5.26 Å². The average Bonchev–Trinajstić information content (AvgIpc) is 2.26. The van der Waals surface area contributed by atoms with Crippen LogP contribution >= 0.6 is 23.4 Å². The predicted molar refractivity (Wildman–Crippen MR) is 67.7 cm³/mol. The Morgan fingerprint density at radius 3 is 3.00 bits per heavy atom. The van der Waals surface area contributed by atoms with Crippen molar-refractivity contribution in [3.8, 4) is 6.07 Å². The van der Waals surface area contributed by atoms with E-state index in [9.17, 15) is 0 Å². The van der Waals surface area contributed by atoms with E-state index < -0.39 is 0 Å². The first kappa shape index (κ1) is 12.2. The van der Waals surface area contributed by atoms with Crippen LogP contribution in [0.1, 0.15) is 12.0 Å². The van der Waals surface area contributed by atoms with Crippen molar-refractivity contribution in [1.82, 2.24) is 0 Å². The van der Waals surface area contributed by atoms with Gasteiger partial charge in [0, 0.05) is 12.2 Å². The van der Waals surface area contributed by atoms with Gasteiger partial charge >= 0.3 is 0 Å². The maximum absolute atomic E-state index is 8.79. The van der Waals surface area contributed by atoms with Crippen LogP contribution in [0.15, 0.2) is 18.2 Å². The van der Waals surface area contributed by atoms with Crippen molar-refractivity contribution < 1.29 is 0 Å². The summed E-state index contributed by atoms with van der Waals surface area (Å²) in [5.41, 5.74) is 1.48. The van der Waals surface area contributed by atoms with Crippen molar-refractivity contribution >= 4 is 29.1 Å². The van der Waals surface area contributed by atoms with Gasteiger partial charge in [-0.05, 0) is 36.6 Å². The fraction of sp³-hybridized carbons (Fsp3) is 0.364. The van der Waals surface area contributed by atoms with Crippen molar-refractivity contribution in [2.75, 3.05) is 23.9 Å². The van der Waals surface area contributed by atoms with Gasteiger partial charge in [0.1, 0.15) is 6.07 Å². The van der Waals surface area contributed by atoms with E-state index in [0.717, 1.165) is 24.4 Å². The molecule has 0 bridgehead atoms. The molecule has 1 aromatic carbocycles. The van der Waals surface area contributed by atoms with E-state index in [0.29, 0.717) is 10.6 Å². The molecule has 1 N–H and O–H groups in total. The Morgan fingerprint density at radius 1 is 1.53 bits per heavy atom. The SMILES string of the molecule is CSCCCNc1ccc(Cl)c(C#N)c1. The summed E-state index contributed by atoms with van der Waals surface area (Å²) in [7, 11) is 0. The van der Waals surface area contributed by atoms with Gasteiger partial charge in [-0.15, -0.1) is 0 Å². The second-order valence-corrected chi connectivity index (χ2v) is 4.47. The molecule has 0 radical (unpaired) electrons. The molecule has 2 nitrogen and oxygen atoms in total. The molecule has 4 heteroatoms. The lowest BCUT2D eigenvalue weighted by Gasteiger charge is -2.06. The van der Waals surface area contributed by atoms with Crippen LogP contribution in [0.25, 0.3) is 0 Å². The van der Waals surface area contributed by atoms with E-state index >= 15 is 0 Å². The van der Waals surface area contributed by atoms with Crippen LogP contribution < -0.4 is 5.32 Å². The minimum atomic E-state index is 0.507. The van der Waals surface area contributed by atoms with Crippen molar-refractivity contribution in [3.05, 3.63) is 28.8 Å². The van der Waals surface area contributed by atoms with Crippen LogP contribution in [0.5, 0.6) is 0 Å². The Kier molecular flexibility index (Phi) is 5.38. The van der Waals surface area contributed by atoms with Gasteiger partial charge in [0.2, 0.25) is 0 Å². The molecule has 80 valence electrons. The number of hydrogen-bond donors (Lipinski definition) is 1. The quantitative estimate of drug-likeness (QED) is 0.802. The van der Waals surface area contributed by atoms with Gasteiger partial charge in [-0.2, -0.15) is 17.0 Å². The highest BCUT2D eigenvalue weighted by molar-refractivity contribution is 7.98. The largest absolute Gasteiger partial charge is 0.385 e. The summed E-state index contributed by atoms with van der Waals surface area (Å²) in [6.07, 6.45) is 3.21. The third kappa shape index (κ3) is 4.03. The minimum Gasteiger partial charge on any atom is -0.385 e. The number of nitrogens with one attached hydrogen (secondary N) is 1. The Hall–Kier alpha value is -0.850. The number of anilines is 1. The van der Waals surface area contributed by atoms with Crippen molar-refractivity contribution in [3.63, 3.8) is 0 Å². The van der Waals surface area contributed by atoms with E-state index in [-0.39, 0.29) is 0 Å². The van der Waals surface area contributed by atoms with E-state index in [2.05, 4.69) is 17.6 Å². The maximum atomic E-state index is 8.79. The third-order valence-electron chi connectivity index (χ3n) is 1.94. The highest BCUT2D eigenvalue weighted by Crippen LogP contribution is 2.19. The lowest BCUT2D eigenvalue weighted by molar-refractivity contribution is 0.993. The van der Waals surface area contributed by atoms with Gasteiger partial charge < -0.3 is 5.32 Å². The number of nitrogens with zero attached hydrogens (tertiary/aromatic N) is 1. The van der Waals surface area contributed by atoms with Crippen LogP contribution in [-0.4, -0.2) is 18.6 Å². The molecule has 15 heavy (non-hydrogen) atoms. The molecule has 0 spiro atoms. The topological polar surface area (TPSA) is 35.8 Å². The van der Waals surface area contributed by atoms with Crippen LogP contribution in [0.4, 0.5) is 5.69 Å². The summed E-state index contributed by atoms with van der Waals surface area (Å²) >= 11 is 7.66. The van der Waals surface area contributed by atoms with Crippen LogP contribution in [0.2, 0.25) is 5.02 Å². The highest BCUT2D eigenvalue weighted by Gasteiger charge is 2.00. The Morgan fingerprint density at radius 2 is 2.33 bits per heavy atom. The number of benzene rings is 1. The molecule has 0 saturated carbocycles. The monoisotopic (exact) mass is 240 g/mol. The van der Waals surface area contributed by atoms with E-state index in [1.165, 1.54) is 0 Å². The summed E-state index contributed by atoms with van der Waals surface area (Å²) in [6.45, 7) is 0.924. The summed E-state index contributed by atoms with van der Waals surface area (Å²) in [6, 6.07) is 7.48. The van der Waals surface area contributed by atoms with E-state index in [4.69, 9.17) is 16.9 Å². The lowest BCUT2D eigenvalue weighted by atomic mass is 10.2. The molecule has 0 unspecified atom stereocenters. The summed E-state index contributed by atoms with van der Waals surface area (Å²) in [4.78, 5) is 0. The number of thioether (sulfide) groups is 1. The first-order valence-electron chi connectivity index (χ1n) is 4.70. The molecule has 0 aliphatic rings. The number of hydrogen-bond acceptors (Lipinski definition) is 3. The third-order valence-corrected chi connectivity index (χ3v) is 2.97. The summed E-state index contributed by atoms with van der Waals surface area (Å²) in [5.74, 6) is 1.14. The van der Waals surface area contributed by atoms with Gasteiger partial charge in [-0.1, -0.05) is 11.6 Å². The molecule has 1 rings (SSSR count). The minimum absolute atomic E-state index is 0.507. The van der Waals surface area contributed by atoms with Crippen LogP contribution in [0.3, 0.4) is 0 Å². The molecule has 0 aromatic heterocycles. The van der Waals surface area contributed by atoms with Gasteiger partial charge in [-0.25, -0.2) is 0 Å². The van der Waals surface area contributed by atoms with E-state index in [1.54, 1.807) is 12.1 Å². The molecular weight excluding hydrogens is 228 g/mol. The first-order chi connectivity index (χ1) is 7.27. The maximum Gasteiger partial charge on any atom is 0.101 e. The standard InChI is InChI=1S/C11H13ClN2S/c1-15-6-2-5-14-10-3-4-11(12)9(7-10)8-13/h3-4,7,14H,2,5-6H2,1H3. The highest BCUT2D eigenvalue weighted by atomic mass is 35.5. The van der Waals surface area contributed by atoms with Gasteiger partial charge in [0.05, 0.1) is 10.6 Å². The fourth-order valence-corrected chi connectivity index (χ4v) is 1.76. The Balaban J connectivity index is 2.52. The van der Waals surface area contributed by atoms with Gasteiger partial charge in [0.25, 0.3) is 0 Å². The Labute approximate surface area is 99.6 Å². The summed E-state index contributed by atoms with van der Waals surface area (Å²) in [5, 5.41) is 12.6.